The molecule has 1 fully saturated rings. The fourth-order valence-electron chi connectivity index (χ4n) is 2.17. The molecule has 0 atom stereocenters. The normalized spacial score (nSPS) is 18.2. The molecule has 0 radical (unpaired) electrons. The van der Waals surface area contributed by atoms with Crippen LogP contribution in [-0.2, 0) is 4.79 Å². The largest absolute Gasteiger partial charge is 0.481 e. The minimum atomic E-state index is -0.705. The van der Waals surface area contributed by atoms with E-state index in [1.165, 1.54) is 0 Å². The Balaban J connectivity index is 2.09. The topological polar surface area (TPSA) is 69.6 Å². The molecular weight excluding hydrogens is 244 g/mol. The van der Waals surface area contributed by atoms with Crippen LogP contribution < -0.4 is 9.80 Å². The summed E-state index contributed by atoms with van der Waals surface area (Å²) in [4.78, 5) is 23.9. The average molecular weight is 264 g/mol. The molecule has 0 aromatic carbocycles. The van der Waals surface area contributed by atoms with Crippen molar-refractivity contribution < 1.29 is 9.90 Å². The van der Waals surface area contributed by atoms with Gasteiger partial charge in [-0.1, -0.05) is 0 Å². The summed E-state index contributed by atoms with van der Waals surface area (Å²) < 4.78 is 0. The second kappa shape index (κ2) is 5.03. The van der Waals surface area contributed by atoms with Gasteiger partial charge in [-0.05, 0) is 25.8 Å². The predicted molar refractivity (Wildman–Crippen MR) is 73.5 cm³/mol. The van der Waals surface area contributed by atoms with Crippen LogP contribution in [0.1, 0.15) is 19.8 Å². The van der Waals surface area contributed by atoms with Crippen molar-refractivity contribution in [3.05, 3.63) is 12.3 Å². The molecule has 2 heterocycles. The Morgan fingerprint density at radius 3 is 2.58 bits per heavy atom. The summed E-state index contributed by atoms with van der Waals surface area (Å²) in [5.41, 5.74) is -0.603. The first kappa shape index (κ1) is 13.6. The van der Waals surface area contributed by atoms with Crippen molar-refractivity contribution >= 4 is 17.7 Å². The van der Waals surface area contributed by atoms with E-state index in [9.17, 15) is 9.90 Å². The number of nitrogens with zero attached hydrogens (tertiary/aromatic N) is 4. The highest BCUT2D eigenvalue weighted by molar-refractivity contribution is 5.74. The van der Waals surface area contributed by atoms with Crippen molar-refractivity contribution in [3.63, 3.8) is 0 Å². The molecule has 1 aromatic heterocycles. The standard InChI is InChI=1S/C13H20N4O2/c1-13(11(18)19)5-8-17(9-6-13)10-4-7-14-12(15-10)16(2)3/h4,7H,5-6,8-9H2,1-3H3,(H,18,19). The number of aliphatic carboxylic acids is 1. The van der Waals surface area contributed by atoms with Gasteiger partial charge in [0, 0.05) is 33.4 Å². The molecule has 6 heteroatoms. The van der Waals surface area contributed by atoms with Gasteiger partial charge in [0.1, 0.15) is 5.82 Å². The number of carboxylic acid groups (broad SMARTS) is 1. The quantitative estimate of drug-likeness (QED) is 0.885. The van der Waals surface area contributed by atoms with Crippen molar-refractivity contribution in [2.75, 3.05) is 37.0 Å². The average Bonchev–Trinajstić information content (AvgIpc) is 2.39. The molecule has 2 rings (SSSR count). The molecule has 0 aliphatic carbocycles. The van der Waals surface area contributed by atoms with E-state index in [-0.39, 0.29) is 0 Å². The van der Waals surface area contributed by atoms with Crippen LogP contribution in [0.5, 0.6) is 0 Å². The lowest BCUT2D eigenvalue weighted by molar-refractivity contribution is -0.149. The first-order valence-electron chi connectivity index (χ1n) is 6.41. The molecule has 1 N–H and O–H groups in total. The van der Waals surface area contributed by atoms with E-state index in [2.05, 4.69) is 14.9 Å². The molecule has 0 spiro atoms. The number of hydrogen-bond donors (Lipinski definition) is 1. The van der Waals surface area contributed by atoms with Crippen molar-refractivity contribution in [3.8, 4) is 0 Å². The van der Waals surface area contributed by atoms with Crippen LogP contribution in [-0.4, -0.2) is 48.2 Å². The Kier molecular flexibility index (Phi) is 3.59. The molecule has 104 valence electrons. The Hall–Kier alpha value is -1.85. The number of carbonyl (C=O) groups is 1. The molecule has 0 amide bonds. The van der Waals surface area contributed by atoms with E-state index in [0.717, 1.165) is 5.82 Å². The second-order valence-corrected chi connectivity index (χ2v) is 5.46. The SMILES string of the molecule is CN(C)c1nccc(N2CCC(C)(C(=O)O)CC2)n1. The van der Waals surface area contributed by atoms with Crippen LogP contribution in [0.4, 0.5) is 11.8 Å². The first-order valence-corrected chi connectivity index (χ1v) is 6.41. The fourth-order valence-corrected chi connectivity index (χ4v) is 2.17. The van der Waals surface area contributed by atoms with Gasteiger partial charge in [0.15, 0.2) is 0 Å². The predicted octanol–water partition coefficient (Wildman–Crippen LogP) is 1.23. The van der Waals surface area contributed by atoms with Gasteiger partial charge in [-0.15, -0.1) is 0 Å². The summed E-state index contributed by atoms with van der Waals surface area (Å²) in [5.74, 6) is 0.832. The molecule has 0 saturated carbocycles. The third-order valence-electron chi connectivity index (χ3n) is 3.74. The zero-order valence-corrected chi connectivity index (χ0v) is 11.6. The third-order valence-corrected chi connectivity index (χ3v) is 3.74. The first-order chi connectivity index (χ1) is 8.92. The molecule has 1 aliphatic heterocycles. The van der Waals surface area contributed by atoms with Gasteiger partial charge < -0.3 is 14.9 Å². The van der Waals surface area contributed by atoms with E-state index in [1.807, 2.05) is 32.0 Å². The minimum absolute atomic E-state index is 0.603. The smallest absolute Gasteiger partial charge is 0.309 e. The summed E-state index contributed by atoms with van der Waals surface area (Å²) in [6, 6.07) is 1.87. The second-order valence-electron chi connectivity index (χ2n) is 5.46. The third kappa shape index (κ3) is 2.77. The highest BCUT2D eigenvalue weighted by Gasteiger charge is 2.37. The minimum Gasteiger partial charge on any atom is -0.481 e. The van der Waals surface area contributed by atoms with Crippen LogP contribution in [0.2, 0.25) is 0 Å². The number of anilines is 2. The van der Waals surface area contributed by atoms with Gasteiger partial charge in [-0.2, -0.15) is 4.98 Å². The molecule has 0 bridgehead atoms. The number of piperidine rings is 1. The lowest BCUT2D eigenvalue weighted by atomic mass is 9.80. The van der Waals surface area contributed by atoms with Crippen LogP contribution in [0, 0.1) is 5.41 Å². The number of rotatable bonds is 3. The van der Waals surface area contributed by atoms with Gasteiger partial charge in [0.25, 0.3) is 0 Å². The Morgan fingerprint density at radius 1 is 1.42 bits per heavy atom. The summed E-state index contributed by atoms with van der Waals surface area (Å²) >= 11 is 0. The van der Waals surface area contributed by atoms with Gasteiger partial charge in [-0.25, -0.2) is 4.98 Å². The van der Waals surface area contributed by atoms with Crippen molar-refractivity contribution in [2.24, 2.45) is 5.41 Å². The summed E-state index contributed by atoms with van der Waals surface area (Å²) in [5, 5.41) is 9.22. The van der Waals surface area contributed by atoms with E-state index < -0.39 is 11.4 Å². The Morgan fingerprint density at radius 2 is 2.05 bits per heavy atom. The fraction of sp³-hybridized carbons (Fsp3) is 0.615. The highest BCUT2D eigenvalue weighted by atomic mass is 16.4. The number of hydrogen-bond acceptors (Lipinski definition) is 5. The van der Waals surface area contributed by atoms with Gasteiger partial charge in [0.2, 0.25) is 5.95 Å². The molecule has 0 unspecified atom stereocenters. The molecule has 1 saturated heterocycles. The van der Waals surface area contributed by atoms with Crippen molar-refractivity contribution in [2.45, 2.75) is 19.8 Å². The zero-order chi connectivity index (χ0) is 14.0. The van der Waals surface area contributed by atoms with Crippen LogP contribution >= 0.6 is 0 Å². The van der Waals surface area contributed by atoms with Crippen LogP contribution in [0.15, 0.2) is 12.3 Å². The Labute approximate surface area is 113 Å². The van der Waals surface area contributed by atoms with E-state index >= 15 is 0 Å². The molecular formula is C13H20N4O2. The van der Waals surface area contributed by atoms with E-state index in [4.69, 9.17) is 0 Å². The maximum atomic E-state index is 11.2. The van der Waals surface area contributed by atoms with E-state index in [1.54, 1.807) is 6.20 Å². The van der Waals surface area contributed by atoms with Crippen LogP contribution in [0.25, 0.3) is 0 Å². The maximum absolute atomic E-state index is 11.2. The van der Waals surface area contributed by atoms with Gasteiger partial charge in [0.05, 0.1) is 5.41 Å². The summed E-state index contributed by atoms with van der Waals surface area (Å²) in [6.07, 6.45) is 3.02. The van der Waals surface area contributed by atoms with Gasteiger partial charge in [-0.3, -0.25) is 4.79 Å². The highest BCUT2D eigenvalue weighted by Crippen LogP contribution is 2.32. The van der Waals surface area contributed by atoms with Crippen LogP contribution in [0.3, 0.4) is 0 Å². The lowest BCUT2D eigenvalue weighted by Crippen LogP contribution is -2.43. The monoisotopic (exact) mass is 264 g/mol. The number of aromatic nitrogens is 2. The maximum Gasteiger partial charge on any atom is 0.309 e. The van der Waals surface area contributed by atoms with E-state index in [0.29, 0.717) is 31.9 Å². The van der Waals surface area contributed by atoms with Gasteiger partial charge >= 0.3 is 5.97 Å². The summed E-state index contributed by atoms with van der Waals surface area (Å²) in [7, 11) is 3.80. The number of carboxylic acids is 1. The van der Waals surface area contributed by atoms with Crippen molar-refractivity contribution in [1.29, 1.82) is 0 Å². The summed E-state index contributed by atoms with van der Waals surface area (Å²) in [6.45, 7) is 3.25. The lowest BCUT2D eigenvalue weighted by Gasteiger charge is -2.37. The zero-order valence-electron chi connectivity index (χ0n) is 11.6. The molecule has 6 nitrogen and oxygen atoms in total. The molecule has 19 heavy (non-hydrogen) atoms. The molecule has 1 aromatic rings. The molecule has 1 aliphatic rings. The van der Waals surface area contributed by atoms with Crippen molar-refractivity contribution in [1.82, 2.24) is 9.97 Å². The Bertz CT molecular complexity index is 467.